The van der Waals surface area contributed by atoms with Crippen LogP contribution in [0.25, 0.3) is 0 Å². The minimum atomic E-state index is -0.252. The van der Waals surface area contributed by atoms with Crippen LogP contribution < -0.4 is 10.5 Å². The number of aromatic nitrogens is 1. The minimum absolute atomic E-state index is 0.121. The van der Waals surface area contributed by atoms with E-state index >= 15 is 0 Å². The molecule has 0 bridgehead atoms. The van der Waals surface area contributed by atoms with Crippen molar-refractivity contribution in [1.29, 1.82) is 0 Å². The summed E-state index contributed by atoms with van der Waals surface area (Å²) in [5, 5.41) is 0. The Morgan fingerprint density at radius 3 is 2.56 bits per heavy atom. The van der Waals surface area contributed by atoms with Crippen molar-refractivity contribution in [2.45, 2.75) is 6.54 Å². The standard InChI is InChI=1S/C20H18N2O3/c1-2-13-22(16-8-4-3-5-9-16)20(24)18-12-11-17(25-18)15-21-14-7-6-10-19(21)23/h2-12,14H,1,13,15H2. The van der Waals surface area contributed by atoms with Crippen LogP contribution in [0, 0.1) is 0 Å². The zero-order valence-corrected chi connectivity index (χ0v) is 13.7. The third kappa shape index (κ3) is 3.77. The van der Waals surface area contributed by atoms with Gasteiger partial charge >= 0.3 is 0 Å². The molecule has 0 saturated heterocycles. The van der Waals surface area contributed by atoms with Gasteiger partial charge in [0.25, 0.3) is 11.5 Å². The van der Waals surface area contributed by atoms with Gasteiger partial charge in [0.15, 0.2) is 5.76 Å². The van der Waals surface area contributed by atoms with E-state index in [0.29, 0.717) is 12.3 Å². The highest BCUT2D eigenvalue weighted by Gasteiger charge is 2.20. The first-order chi connectivity index (χ1) is 12.2. The fourth-order valence-electron chi connectivity index (χ4n) is 2.51. The Morgan fingerprint density at radius 1 is 1.08 bits per heavy atom. The number of pyridine rings is 1. The highest BCUT2D eigenvalue weighted by Crippen LogP contribution is 2.18. The largest absolute Gasteiger partial charge is 0.454 e. The predicted molar refractivity (Wildman–Crippen MR) is 96.8 cm³/mol. The van der Waals surface area contributed by atoms with Gasteiger partial charge in [0, 0.05) is 24.5 Å². The summed E-state index contributed by atoms with van der Waals surface area (Å²) in [6.45, 7) is 4.36. The van der Waals surface area contributed by atoms with Crippen LogP contribution in [0.4, 0.5) is 5.69 Å². The van der Waals surface area contributed by atoms with Crippen LogP contribution in [0.15, 0.2) is 88.7 Å². The van der Waals surface area contributed by atoms with Crippen molar-refractivity contribution < 1.29 is 9.21 Å². The van der Waals surface area contributed by atoms with Gasteiger partial charge in [-0.1, -0.05) is 30.3 Å². The number of amides is 1. The van der Waals surface area contributed by atoms with E-state index in [1.807, 2.05) is 30.3 Å². The number of carbonyl (C=O) groups excluding carboxylic acids is 1. The van der Waals surface area contributed by atoms with Crippen molar-refractivity contribution in [1.82, 2.24) is 4.57 Å². The molecule has 0 saturated carbocycles. The molecule has 1 amide bonds. The Balaban J connectivity index is 1.83. The molecular weight excluding hydrogens is 316 g/mol. The fraction of sp³-hybridized carbons (Fsp3) is 0.100. The Hall–Kier alpha value is -3.34. The molecule has 1 aromatic carbocycles. The van der Waals surface area contributed by atoms with E-state index in [-0.39, 0.29) is 23.8 Å². The lowest BCUT2D eigenvalue weighted by Crippen LogP contribution is -2.30. The monoisotopic (exact) mass is 334 g/mol. The lowest BCUT2D eigenvalue weighted by atomic mass is 10.2. The number of hydrogen-bond donors (Lipinski definition) is 0. The Bertz CT molecular complexity index is 925. The summed E-state index contributed by atoms with van der Waals surface area (Å²) in [5.74, 6) is 0.519. The molecule has 0 atom stereocenters. The molecule has 0 unspecified atom stereocenters. The van der Waals surface area contributed by atoms with Gasteiger partial charge < -0.3 is 13.9 Å². The lowest BCUT2D eigenvalue weighted by Gasteiger charge is -2.19. The molecule has 2 aromatic heterocycles. The van der Waals surface area contributed by atoms with E-state index < -0.39 is 0 Å². The fourth-order valence-corrected chi connectivity index (χ4v) is 2.51. The normalized spacial score (nSPS) is 10.4. The number of furan rings is 1. The van der Waals surface area contributed by atoms with Crippen LogP contribution in [-0.2, 0) is 6.54 Å². The van der Waals surface area contributed by atoms with Crippen molar-refractivity contribution in [3.8, 4) is 0 Å². The van der Waals surface area contributed by atoms with Crippen LogP contribution in [0.2, 0.25) is 0 Å². The van der Waals surface area contributed by atoms with Gasteiger partial charge in [-0.05, 0) is 30.3 Å². The molecule has 5 heteroatoms. The van der Waals surface area contributed by atoms with Crippen molar-refractivity contribution in [3.05, 3.63) is 101 Å². The van der Waals surface area contributed by atoms with Crippen molar-refractivity contribution in [2.75, 3.05) is 11.4 Å². The summed E-state index contributed by atoms with van der Waals surface area (Å²) in [6, 6.07) is 17.6. The molecule has 5 nitrogen and oxygen atoms in total. The molecule has 0 radical (unpaired) electrons. The molecule has 3 rings (SSSR count). The Labute approximate surface area is 145 Å². The smallest absolute Gasteiger partial charge is 0.294 e. The summed E-state index contributed by atoms with van der Waals surface area (Å²) < 4.78 is 7.19. The van der Waals surface area contributed by atoms with Gasteiger partial charge in [-0.25, -0.2) is 0 Å². The van der Waals surface area contributed by atoms with E-state index in [9.17, 15) is 9.59 Å². The molecular formula is C20H18N2O3. The SMILES string of the molecule is C=CCN(C(=O)c1ccc(Cn2ccccc2=O)o1)c1ccccc1. The number of rotatable bonds is 6. The van der Waals surface area contributed by atoms with E-state index in [2.05, 4.69) is 6.58 Å². The van der Waals surface area contributed by atoms with E-state index in [1.165, 1.54) is 10.6 Å². The highest BCUT2D eigenvalue weighted by atomic mass is 16.4. The molecule has 0 N–H and O–H groups in total. The second-order valence-corrected chi connectivity index (χ2v) is 5.47. The maximum atomic E-state index is 12.8. The first kappa shape index (κ1) is 16.5. The summed E-state index contributed by atoms with van der Waals surface area (Å²) in [6.07, 6.45) is 3.35. The summed E-state index contributed by atoms with van der Waals surface area (Å²) in [4.78, 5) is 26.1. The molecule has 0 aliphatic carbocycles. The third-order valence-corrected chi connectivity index (χ3v) is 3.72. The molecule has 0 aliphatic rings. The molecule has 25 heavy (non-hydrogen) atoms. The van der Waals surface area contributed by atoms with Gasteiger partial charge in [0.05, 0.1) is 6.54 Å². The molecule has 3 aromatic rings. The van der Waals surface area contributed by atoms with Crippen LogP contribution >= 0.6 is 0 Å². The zero-order chi connectivity index (χ0) is 17.6. The first-order valence-corrected chi connectivity index (χ1v) is 7.91. The van der Waals surface area contributed by atoms with Gasteiger partial charge in [0.1, 0.15) is 5.76 Å². The predicted octanol–water partition coefficient (Wildman–Crippen LogP) is 3.32. The number of benzene rings is 1. The average molecular weight is 334 g/mol. The summed E-state index contributed by atoms with van der Waals surface area (Å²) in [5.41, 5.74) is 0.647. The molecule has 126 valence electrons. The molecule has 0 aliphatic heterocycles. The van der Waals surface area contributed by atoms with E-state index in [1.54, 1.807) is 41.4 Å². The average Bonchev–Trinajstić information content (AvgIpc) is 3.10. The third-order valence-electron chi connectivity index (χ3n) is 3.72. The zero-order valence-electron chi connectivity index (χ0n) is 13.7. The van der Waals surface area contributed by atoms with Gasteiger partial charge in [-0.2, -0.15) is 0 Å². The van der Waals surface area contributed by atoms with Gasteiger partial charge in [0.2, 0.25) is 0 Å². The summed E-state index contributed by atoms with van der Waals surface area (Å²) >= 11 is 0. The Kier molecular flexibility index (Phi) is 4.95. The second-order valence-electron chi connectivity index (χ2n) is 5.47. The van der Waals surface area contributed by atoms with E-state index in [0.717, 1.165) is 5.69 Å². The Morgan fingerprint density at radius 2 is 1.84 bits per heavy atom. The number of nitrogens with zero attached hydrogens (tertiary/aromatic N) is 2. The molecule has 0 fully saturated rings. The number of para-hydroxylation sites is 1. The number of hydrogen-bond acceptors (Lipinski definition) is 3. The maximum Gasteiger partial charge on any atom is 0.294 e. The molecule has 0 spiro atoms. The number of anilines is 1. The maximum absolute atomic E-state index is 12.8. The van der Waals surface area contributed by atoms with Gasteiger partial charge in [-0.15, -0.1) is 6.58 Å². The second kappa shape index (κ2) is 7.49. The van der Waals surface area contributed by atoms with Gasteiger partial charge in [-0.3, -0.25) is 9.59 Å². The first-order valence-electron chi connectivity index (χ1n) is 7.91. The lowest BCUT2D eigenvalue weighted by molar-refractivity contribution is 0.0961. The van der Waals surface area contributed by atoms with E-state index in [4.69, 9.17) is 4.42 Å². The van der Waals surface area contributed by atoms with Crippen molar-refractivity contribution >= 4 is 11.6 Å². The number of carbonyl (C=O) groups is 1. The van der Waals surface area contributed by atoms with Crippen LogP contribution in [0.3, 0.4) is 0 Å². The van der Waals surface area contributed by atoms with Crippen LogP contribution in [0.1, 0.15) is 16.3 Å². The minimum Gasteiger partial charge on any atom is -0.454 e. The molecule has 2 heterocycles. The van der Waals surface area contributed by atoms with Crippen molar-refractivity contribution in [2.24, 2.45) is 0 Å². The highest BCUT2D eigenvalue weighted by molar-refractivity contribution is 6.04. The van der Waals surface area contributed by atoms with Crippen LogP contribution in [0.5, 0.6) is 0 Å². The topological polar surface area (TPSA) is 55.5 Å². The van der Waals surface area contributed by atoms with Crippen molar-refractivity contribution in [3.63, 3.8) is 0 Å². The van der Waals surface area contributed by atoms with Crippen LogP contribution in [-0.4, -0.2) is 17.0 Å². The quantitative estimate of drug-likeness (QED) is 0.650. The summed E-state index contributed by atoms with van der Waals surface area (Å²) in [7, 11) is 0.